The molecule has 1 aromatic rings. The molecule has 0 atom stereocenters. The summed E-state index contributed by atoms with van der Waals surface area (Å²) in [6.07, 6.45) is 1.92. The minimum Gasteiger partial charge on any atom is -0.304 e. The average Bonchev–Trinajstić information content (AvgIpc) is 2.78. The Morgan fingerprint density at radius 3 is 2.55 bits per heavy atom. The zero-order chi connectivity index (χ0) is 15.5. The molecular weight excluding hydrogens is 314 g/mol. The fourth-order valence-corrected chi connectivity index (χ4v) is 3.75. The van der Waals surface area contributed by atoms with Gasteiger partial charge >= 0.3 is 0 Å². The second kappa shape index (κ2) is 6.91. The lowest BCUT2D eigenvalue weighted by Gasteiger charge is -2.34. The first-order valence-electron chi connectivity index (χ1n) is 7.35. The Labute approximate surface area is 140 Å². The number of amides is 1. The van der Waals surface area contributed by atoms with Crippen molar-refractivity contribution in [3.63, 3.8) is 0 Å². The van der Waals surface area contributed by atoms with Crippen LogP contribution in [0.3, 0.4) is 0 Å². The van der Waals surface area contributed by atoms with Crippen LogP contribution in [0, 0.1) is 0 Å². The van der Waals surface area contributed by atoms with E-state index in [1.54, 1.807) is 4.90 Å². The summed E-state index contributed by atoms with van der Waals surface area (Å²) < 4.78 is 0.658. The van der Waals surface area contributed by atoms with Crippen LogP contribution in [0.1, 0.15) is 5.56 Å². The normalized spacial score (nSPS) is 22.8. The van der Waals surface area contributed by atoms with Gasteiger partial charge in [-0.1, -0.05) is 54.3 Å². The molecule has 1 aromatic carbocycles. The smallest absolute Gasteiger partial charge is 0.267 e. The summed E-state index contributed by atoms with van der Waals surface area (Å²) in [4.78, 5) is 19.6. The van der Waals surface area contributed by atoms with Gasteiger partial charge in [0.05, 0.1) is 11.6 Å². The highest BCUT2D eigenvalue weighted by atomic mass is 32.2. The molecule has 0 saturated carbocycles. The number of likely N-dealkylation sites (N-methyl/N-ethyl adjacent to an activating group) is 1. The van der Waals surface area contributed by atoms with E-state index in [1.807, 2.05) is 36.4 Å². The molecule has 6 heteroatoms. The molecule has 0 aromatic heterocycles. The summed E-state index contributed by atoms with van der Waals surface area (Å²) in [7, 11) is 2.12. The summed E-state index contributed by atoms with van der Waals surface area (Å²) in [5.74, 6) is 0.0257. The molecular formula is C16H19N3OS2. The number of thioether (sulfide) groups is 1. The number of piperazine rings is 1. The summed E-state index contributed by atoms with van der Waals surface area (Å²) in [6, 6.07) is 9.89. The summed E-state index contributed by atoms with van der Waals surface area (Å²) in [6.45, 7) is 4.63. The van der Waals surface area contributed by atoms with Gasteiger partial charge in [0.15, 0.2) is 0 Å². The Morgan fingerprint density at radius 2 is 1.86 bits per heavy atom. The van der Waals surface area contributed by atoms with E-state index in [-0.39, 0.29) is 5.91 Å². The first kappa shape index (κ1) is 15.7. The van der Waals surface area contributed by atoms with Crippen molar-refractivity contribution < 1.29 is 4.79 Å². The molecule has 0 bridgehead atoms. The third-order valence-electron chi connectivity index (χ3n) is 3.91. The largest absolute Gasteiger partial charge is 0.304 e. The number of hydrogen-bond acceptors (Lipinski definition) is 5. The molecule has 22 heavy (non-hydrogen) atoms. The third kappa shape index (κ3) is 3.57. The van der Waals surface area contributed by atoms with E-state index in [0.717, 1.165) is 31.7 Å². The Bertz CT molecular complexity index is 595. The van der Waals surface area contributed by atoms with Crippen LogP contribution in [-0.4, -0.2) is 64.8 Å². The summed E-state index contributed by atoms with van der Waals surface area (Å²) >= 11 is 6.79. The molecule has 0 unspecified atom stereocenters. The van der Waals surface area contributed by atoms with E-state index in [9.17, 15) is 4.79 Å². The van der Waals surface area contributed by atoms with Gasteiger partial charge in [-0.05, 0) is 18.7 Å². The minimum absolute atomic E-state index is 0.0257. The standard InChI is InChI=1S/C16H19N3OS2/c1-17-7-9-18(10-8-17)12-19-15(20)14(22-16(19)21)11-13-5-3-2-4-6-13/h2-6,11H,7-10,12H2,1H3. The van der Waals surface area contributed by atoms with Gasteiger partial charge in [0, 0.05) is 26.2 Å². The van der Waals surface area contributed by atoms with E-state index in [2.05, 4.69) is 16.8 Å². The van der Waals surface area contributed by atoms with Crippen molar-refractivity contribution in [2.75, 3.05) is 39.9 Å². The topological polar surface area (TPSA) is 26.8 Å². The average molecular weight is 333 g/mol. The quantitative estimate of drug-likeness (QED) is 0.624. The number of thiocarbonyl (C=S) groups is 1. The van der Waals surface area contributed by atoms with Crippen molar-refractivity contribution in [2.24, 2.45) is 0 Å². The number of rotatable bonds is 3. The fourth-order valence-electron chi connectivity index (χ4n) is 2.51. The lowest BCUT2D eigenvalue weighted by atomic mass is 10.2. The van der Waals surface area contributed by atoms with Crippen LogP contribution in [0.15, 0.2) is 35.2 Å². The second-order valence-corrected chi connectivity index (χ2v) is 7.26. The van der Waals surface area contributed by atoms with E-state index >= 15 is 0 Å². The van der Waals surface area contributed by atoms with Crippen LogP contribution in [0.4, 0.5) is 0 Å². The first-order valence-corrected chi connectivity index (χ1v) is 8.57. The van der Waals surface area contributed by atoms with Crippen molar-refractivity contribution in [2.45, 2.75) is 0 Å². The highest BCUT2D eigenvalue weighted by Gasteiger charge is 2.33. The lowest BCUT2D eigenvalue weighted by molar-refractivity contribution is -0.123. The molecule has 0 aliphatic carbocycles. The number of benzene rings is 1. The summed E-state index contributed by atoms with van der Waals surface area (Å²) in [5.41, 5.74) is 1.03. The SMILES string of the molecule is CN1CCN(CN2C(=O)C(=Cc3ccccc3)SC2=S)CC1. The molecule has 2 aliphatic heterocycles. The Morgan fingerprint density at radius 1 is 1.18 bits per heavy atom. The molecule has 2 aliphatic rings. The fraction of sp³-hybridized carbons (Fsp3) is 0.375. The van der Waals surface area contributed by atoms with Gasteiger partial charge in [0.25, 0.3) is 5.91 Å². The second-order valence-electron chi connectivity index (χ2n) is 5.58. The van der Waals surface area contributed by atoms with E-state index in [1.165, 1.54) is 11.8 Å². The van der Waals surface area contributed by atoms with E-state index in [0.29, 0.717) is 15.9 Å². The molecule has 2 saturated heterocycles. The molecule has 0 N–H and O–H groups in total. The van der Waals surface area contributed by atoms with E-state index < -0.39 is 0 Å². The van der Waals surface area contributed by atoms with Gasteiger partial charge in [-0.2, -0.15) is 0 Å². The third-order valence-corrected chi connectivity index (χ3v) is 5.29. The zero-order valence-electron chi connectivity index (χ0n) is 12.6. The van der Waals surface area contributed by atoms with Crippen molar-refractivity contribution >= 4 is 40.3 Å². The Kier molecular flexibility index (Phi) is 4.93. The lowest BCUT2D eigenvalue weighted by Crippen LogP contribution is -2.49. The highest BCUT2D eigenvalue weighted by molar-refractivity contribution is 8.26. The molecule has 116 valence electrons. The Hall–Kier alpha value is -1.21. The number of carbonyl (C=O) groups excluding carboxylic acids is 1. The van der Waals surface area contributed by atoms with Gasteiger partial charge in [-0.3, -0.25) is 14.6 Å². The van der Waals surface area contributed by atoms with Gasteiger partial charge in [-0.25, -0.2) is 0 Å². The molecule has 1 amide bonds. The maximum Gasteiger partial charge on any atom is 0.267 e. The van der Waals surface area contributed by atoms with Crippen LogP contribution in [0.25, 0.3) is 6.08 Å². The molecule has 4 nitrogen and oxygen atoms in total. The number of nitrogens with zero attached hydrogens (tertiary/aromatic N) is 3. The van der Waals surface area contributed by atoms with Crippen LogP contribution in [0.2, 0.25) is 0 Å². The van der Waals surface area contributed by atoms with Gasteiger partial charge < -0.3 is 4.90 Å². The van der Waals surface area contributed by atoms with E-state index in [4.69, 9.17) is 12.2 Å². The molecule has 0 spiro atoms. The molecule has 0 radical (unpaired) electrons. The maximum absolute atomic E-state index is 12.6. The molecule has 3 rings (SSSR count). The predicted molar refractivity (Wildman–Crippen MR) is 95.4 cm³/mol. The summed E-state index contributed by atoms with van der Waals surface area (Å²) in [5, 5.41) is 0. The zero-order valence-corrected chi connectivity index (χ0v) is 14.2. The van der Waals surface area contributed by atoms with Crippen LogP contribution >= 0.6 is 24.0 Å². The van der Waals surface area contributed by atoms with Crippen molar-refractivity contribution in [1.82, 2.24) is 14.7 Å². The van der Waals surface area contributed by atoms with Crippen molar-refractivity contribution in [1.29, 1.82) is 0 Å². The number of carbonyl (C=O) groups is 1. The first-order chi connectivity index (χ1) is 10.6. The van der Waals surface area contributed by atoms with Gasteiger partial charge in [0.2, 0.25) is 0 Å². The Balaban J connectivity index is 1.68. The van der Waals surface area contributed by atoms with Crippen molar-refractivity contribution in [3.8, 4) is 0 Å². The number of hydrogen-bond donors (Lipinski definition) is 0. The molecule has 2 heterocycles. The molecule has 2 fully saturated rings. The van der Waals surface area contributed by atoms with Crippen LogP contribution in [-0.2, 0) is 4.79 Å². The van der Waals surface area contributed by atoms with Crippen LogP contribution in [0.5, 0.6) is 0 Å². The minimum atomic E-state index is 0.0257. The van der Waals surface area contributed by atoms with Crippen LogP contribution < -0.4 is 0 Å². The monoisotopic (exact) mass is 333 g/mol. The predicted octanol–water partition coefficient (Wildman–Crippen LogP) is 2.09. The maximum atomic E-state index is 12.6. The van der Waals surface area contributed by atoms with Gasteiger partial charge in [-0.15, -0.1) is 0 Å². The van der Waals surface area contributed by atoms with Gasteiger partial charge in [0.1, 0.15) is 4.32 Å². The highest BCUT2D eigenvalue weighted by Crippen LogP contribution is 2.32. The van der Waals surface area contributed by atoms with Crippen molar-refractivity contribution in [3.05, 3.63) is 40.8 Å².